The normalized spacial score (nSPS) is 18.8. The first-order valence-corrected chi connectivity index (χ1v) is 13.9. The third kappa shape index (κ3) is 7.85. The number of hydrogen-bond acceptors (Lipinski definition) is 7. The van der Waals surface area contributed by atoms with Crippen molar-refractivity contribution < 1.29 is 33.6 Å². The molecule has 0 unspecified atom stereocenters. The number of fused-ring (bicyclic) bond motifs is 1. The van der Waals surface area contributed by atoms with E-state index in [1.165, 1.54) is 0 Å². The Morgan fingerprint density at radius 2 is 1.88 bits per heavy atom. The summed E-state index contributed by atoms with van der Waals surface area (Å²) in [6, 6.07) is 16.0. The second-order valence-corrected chi connectivity index (χ2v) is 9.54. The summed E-state index contributed by atoms with van der Waals surface area (Å²) in [5.74, 6) is 0.671. The molecule has 1 aliphatic heterocycles. The zero-order chi connectivity index (χ0) is 28.2. The van der Waals surface area contributed by atoms with Crippen LogP contribution in [0.4, 0.5) is 0 Å². The van der Waals surface area contributed by atoms with Crippen molar-refractivity contribution in [3.63, 3.8) is 0 Å². The number of carbonyl (C=O) groups excluding carboxylic acids is 1. The van der Waals surface area contributed by atoms with E-state index in [1.54, 1.807) is 7.11 Å². The van der Waals surface area contributed by atoms with Crippen molar-refractivity contribution in [2.45, 2.75) is 32.0 Å². The van der Waals surface area contributed by atoms with Crippen molar-refractivity contribution in [1.82, 2.24) is 10.3 Å². The Kier molecular flexibility index (Phi) is 11.4. The molecular formula is C31H40N2O7. The summed E-state index contributed by atoms with van der Waals surface area (Å²) >= 11 is 0. The lowest BCUT2D eigenvalue weighted by Crippen LogP contribution is -2.39. The van der Waals surface area contributed by atoms with Gasteiger partial charge in [0, 0.05) is 48.7 Å². The molecule has 40 heavy (non-hydrogen) atoms. The van der Waals surface area contributed by atoms with Crippen LogP contribution in [-0.4, -0.2) is 75.6 Å². The van der Waals surface area contributed by atoms with Gasteiger partial charge in [-0.1, -0.05) is 30.3 Å². The Hall–Kier alpha value is -3.37. The van der Waals surface area contributed by atoms with Crippen LogP contribution in [0.25, 0.3) is 10.9 Å². The number of allylic oxidation sites excluding steroid dienone is 1. The fraction of sp³-hybridized carbons (Fsp3) is 0.452. The minimum absolute atomic E-state index is 0.00525. The Balaban J connectivity index is 1.42. The Morgan fingerprint density at radius 1 is 1.07 bits per heavy atom. The van der Waals surface area contributed by atoms with Crippen LogP contribution < -0.4 is 10.1 Å². The molecule has 3 aromatic rings. The summed E-state index contributed by atoms with van der Waals surface area (Å²) in [5, 5.41) is 12.9. The number of hydrogen-bond donors (Lipinski definition) is 3. The first-order chi connectivity index (χ1) is 19.6. The number of benzene rings is 2. The summed E-state index contributed by atoms with van der Waals surface area (Å²) in [4.78, 5) is 16.5. The molecule has 0 bridgehead atoms. The molecule has 9 heteroatoms. The summed E-state index contributed by atoms with van der Waals surface area (Å²) < 4.78 is 28.6. The summed E-state index contributed by atoms with van der Waals surface area (Å²) in [7, 11) is 1.65. The number of ether oxygens (including phenoxy) is 5. The van der Waals surface area contributed by atoms with Gasteiger partial charge in [0.05, 0.1) is 33.5 Å². The number of aromatic amines is 1. The molecule has 2 aromatic carbocycles. The Bertz CT molecular complexity index is 1230. The van der Waals surface area contributed by atoms with Gasteiger partial charge in [0.15, 0.2) is 5.76 Å². The second-order valence-electron chi connectivity index (χ2n) is 9.54. The van der Waals surface area contributed by atoms with E-state index in [0.717, 1.165) is 27.8 Å². The molecule has 2 heterocycles. The molecule has 1 amide bonds. The van der Waals surface area contributed by atoms with Crippen molar-refractivity contribution in [3.8, 4) is 5.75 Å². The van der Waals surface area contributed by atoms with E-state index in [0.29, 0.717) is 52.4 Å². The SMILES string of the molecule is CCO[C@@H]1OC(C(=O)NCCc2c[nH]c3ccc(OC)cc23)=C[C@H](c2ccccc2)[C@H]1CCOCCOCCO. The summed E-state index contributed by atoms with van der Waals surface area (Å²) in [6.45, 7) is 4.48. The number of amides is 1. The van der Waals surface area contributed by atoms with Crippen LogP contribution >= 0.6 is 0 Å². The van der Waals surface area contributed by atoms with Crippen LogP contribution in [-0.2, 0) is 30.2 Å². The number of carbonyl (C=O) groups is 1. The van der Waals surface area contributed by atoms with Crippen LogP contribution in [0.3, 0.4) is 0 Å². The molecule has 0 spiro atoms. The largest absolute Gasteiger partial charge is 0.497 e. The van der Waals surface area contributed by atoms with Crippen LogP contribution in [0.15, 0.2) is 66.6 Å². The van der Waals surface area contributed by atoms with E-state index in [-0.39, 0.29) is 30.1 Å². The number of aliphatic hydroxyl groups excluding tert-OH is 1. The van der Waals surface area contributed by atoms with E-state index >= 15 is 0 Å². The molecule has 0 fully saturated rings. The lowest BCUT2D eigenvalue weighted by molar-refractivity contribution is -0.168. The van der Waals surface area contributed by atoms with Crippen molar-refractivity contribution in [2.24, 2.45) is 5.92 Å². The quantitative estimate of drug-likeness (QED) is 0.231. The zero-order valence-electron chi connectivity index (χ0n) is 23.3. The number of aliphatic hydroxyl groups is 1. The van der Waals surface area contributed by atoms with Crippen LogP contribution in [0.5, 0.6) is 5.75 Å². The van der Waals surface area contributed by atoms with Crippen molar-refractivity contribution in [2.75, 3.05) is 53.3 Å². The molecule has 3 N–H and O–H groups in total. The molecule has 1 aromatic heterocycles. The highest BCUT2D eigenvalue weighted by molar-refractivity contribution is 5.92. The number of aromatic nitrogens is 1. The van der Waals surface area contributed by atoms with Gasteiger partial charge in [-0.2, -0.15) is 0 Å². The third-order valence-electron chi connectivity index (χ3n) is 6.98. The van der Waals surface area contributed by atoms with Gasteiger partial charge in [-0.05, 0) is 55.2 Å². The fourth-order valence-corrected chi connectivity index (χ4v) is 4.99. The molecule has 0 saturated carbocycles. The number of rotatable bonds is 16. The van der Waals surface area contributed by atoms with Gasteiger partial charge in [-0.15, -0.1) is 0 Å². The summed E-state index contributed by atoms with van der Waals surface area (Å²) in [6.07, 6.45) is 4.63. The molecule has 216 valence electrons. The fourth-order valence-electron chi connectivity index (χ4n) is 4.99. The third-order valence-corrected chi connectivity index (χ3v) is 6.98. The van der Waals surface area contributed by atoms with Crippen LogP contribution in [0.1, 0.15) is 30.4 Å². The predicted octanol–water partition coefficient (Wildman–Crippen LogP) is 3.93. The smallest absolute Gasteiger partial charge is 0.286 e. The predicted molar refractivity (Wildman–Crippen MR) is 152 cm³/mol. The second kappa shape index (κ2) is 15.4. The average molecular weight is 553 g/mol. The number of nitrogens with one attached hydrogen (secondary N) is 2. The van der Waals surface area contributed by atoms with E-state index in [9.17, 15) is 4.79 Å². The molecule has 4 rings (SSSR count). The van der Waals surface area contributed by atoms with Gasteiger partial charge in [0.25, 0.3) is 5.91 Å². The lowest BCUT2D eigenvalue weighted by Gasteiger charge is -2.37. The highest BCUT2D eigenvalue weighted by atomic mass is 16.7. The van der Waals surface area contributed by atoms with Gasteiger partial charge < -0.3 is 39.1 Å². The number of methoxy groups -OCH3 is 1. The minimum atomic E-state index is -0.587. The van der Waals surface area contributed by atoms with Crippen molar-refractivity contribution >= 4 is 16.8 Å². The Morgan fingerprint density at radius 3 is 2.62 bits per heavy atom. The zero-order valence-corrected chi connectivity index (χ0v) is 23.3. The number of H-pyrrole nitrogens is 1. The molecule has 3 atom stereocenters. The van der Waals surface area contributed by atoms with Gasteiger partial charge in [0.2, 0.25) is 6.29 Å². The van der Waals surface area contributed by atoms with Crippen LogP contribution in [0, 0.1) is 5.92 Å². The maximum absolute atomic E-state index is 13.3. The van der Waals surface area contributed by atoms with Gasteiger partial charge in [-0.25, -0.2) is 0 Å². The van der Waals surface area contributed by atoms with E-state index in [4.69, 9.17) is 28.8 Å². The van der Waals surface area contributed by atoms with Gasteiger partial charge in [0.1, 0.15) is 5.75 Å². The highest BCUT2D eigenvalue weighted by Gasteiger charge is 2.37. The average Bonchev–Trinajstić information content (AvgIpc) is 3.39. The molecular weight excluding hydrogens is 512 g/mol. The van der Waals surface area contributed by atoms with Gasteiger partial charge in [-0.3, -0.25) is 4.79 Å². The maximum atomic E-state index is 13.3. The van der Waals surface area contributed by atoms with Crippen LogP contribution in [0.2, 0.25) is 0 Å². The minimum Gasteiger partial charge on any atom is -0.497 e. The van der Waals surface area contributed by atoms with Crippen molar-refractivity contribution in [3.05, 3.63) is 77.7 Å². The first-order valence-electron chi connectivity index (χ1n) is 13.9. The maximum Gasteiger partial charge on any atom is 0.286 e. The molecule has 0 aliphatic carbocycles. The molecule has 1 aliphatic rings. The highest BCUT2D eigenvalue weighted by Crippen LogP contribution is 2.38. The molecule has 0 radical (unpaired) electrons. The standard InChI is InChI=1S/C31H40N2O7/c1-3-39-31-25(12-15-37-17-18-38-16-14-34)26(22-7-5-4-6-8-22)20-29(40-31)30(35)32-13-11-23-21-33-28-10-9-24(36-2)19-27(23)28/h4-10,19-21,25-26,31,33-34H,3,11-18H2,1-2H3,(H,32,35)/t25-,26-,31-/m1/s1. The van der Waals surface area contributed by atoms with E-state index in [2.05, 4.69) is 22.4 Å². The van der Waals surface area contributed by atoms with E-state index in [1.807, 2.05) is 55.6 Å². The van der Waals surface area contributed by atoms with E-state index < -0.39 is 6.29 Å². The van der Waals surface area contributed by atoms with Crippen molar-refractivity contribution in [1.29, 1.82) is 0 Å². The van der Waals surface area contributed by atoms with Gasteiger partial charge >= 0.3 is 0 Å². The first kappa shape index (κ1) is 29.6. The monoisotopic (exact) mass is 552 g/mol. The molecule has 0 saturated heterocycles. The molecule has 9 nitrogen and oxygen atoms in total. The topological polar surface area (TPSA) is 111 Å². The Labute approximate surface area is 235 Å². The lowest BCUT2D eigenvalue weighted by atomic mass is 9.81. The summed E-state index contributed by atoms with van der Waals surface area (Å²) in [5.41, 5.74) is 3.21.